The van der Waals surface area contributed by atoms with E-state index in [0.717, 1.165) is 10.0 Å². The van der Waals surface area contributed by atoms with E-state index in [9.17, 15) is 4.79 Å². The summed E-state index contributed by atoms with van der Waals surface area (Å²) in [7, 11) is 0. The van der Waals surface area contributed by atoms with Crippen LogP contribution in [0.25, 0.3) is 5.69 Å². The van der Waals surface area contributed by atoms with Crippen LogP contribution in [0.15, 0.2) is 28.9 Å². The Kier molecular flexibility index (Phi) is 2.74. The number of halogens is 1. The molecule has 0 radical (unpaired) electrons. The molecule has 0 saturated carbocycles. The van der Waals surface area contributed by atoms with Crippen molar-refractivity contribution >= 4 is 21.9 Å². The number of rotatable bonds is 2. The molecular formula is C10H8BrN3O2. The molecule has 2 rings (SSSR count). The number of carboxylic acids is 1. The van der Waals surface area contributed by atoms with Crippen molar-refractivity contribution in [1.82, 2.24) is 15.0 Å². The van der Waals surface area contributed by atoms with Crippen molar-refractivity contribution in [3.8, 4) is 5.69 Å². The summed E-state index contributed by atoms with van der Waals surface area (Å²) in [6, 6.07) is 5.57. The number of aromatic carboxylic acids is 1. The van der Waals surface area contributed by atoms with Crippen molar-refractivity contribution in [1.29, 1.82) is 0 Å². The lowest BCUT2D eigenvalue weighted by Gasteiger charge is -2.06. The molecule has 1 N–H and O–H groups in total. The Hall–Kier alpha value is -1.69. The van der Waals surface area contributed by atoms with E-state index in [0.29, 0.717) is 5.69 Å². The van der Waals surface area contributed by atoms with Crippen LogP contribution in [-0.4, -0.2) is 26.1 Å². The zero-order valence-electron chi connectivity index (χ0n) is 8.38. The van der Waals surface area contributed by atoms with E-state index >= 15 is 0 Å². The fourth-order valence-corrected chi connectivity index (χ4v) is 2.00. The van der Waals surface area contributed by atoms with Gasteiger partial charge >= 0.3 is 5.97 Å². The minimum Gasteiger partial charge on any atom is -0.476 e. The summed E-state index contributed by atoms with van der Waals surface area (Å²) < 4.78 is 2.06. The molecule has 0 saturated heterocycles. The summed E-state index contributed by atoms with van der Waals surface area (Å²) >= 11 is 3.37. The fourth-order valence-electron chi connectivity index (χ4n) is 1.34. The molecule has 2 aromatic rings. The summed E-state index contributed by atoms with van der Waals surface area (Å²) in [6.45, 7) is 1.95. The van der Waals surface area contributed by atoms with Crippen molar-refractivity contribution in [3.63, 3.8) is 0 Å². The minimum atomic E-state index is -1.06. The van der Waals surface area contributed by atoms with Crippen LogP contribution in [0, 0.1) is 6.92 Å². The van der Waals surface area contributed by atoms with Gasteiger partial charge in [-0.25, -0.2) is 9.48 Å². The maximum atomic E-state index is 10.9. The quantitative estimate of drug-likeness (QED) is 0.915. The monoisotopic (exact) mass is 281 g/mol. The Labute approximate surface area is 99.8 Å². The summed E-state index contributed by atoms with van der Waals surface area (Å²) in [4.78, 5) is 10.9. The van der Waals surface area contributed by atoms with Gasteiger partial charge in [0, 0.05) is 4.47 Å². The smallest absolute Gasteiger partial charge is 0.356 e. The zero-order chi connectivity index (χ0) is 11.7. The minimum absolute atomic E-state index is 0.0320. The van der Waals surface area contributed by atoms with Crippen molar-refractivity contribution in [2.75, 3.05) is 0 Å². The maximum Gasteiger partial charge on any atom is 0.356 e. The summed E-state index contributed by atoms with van der Waals surface area (Å²) in [5.41, 5.74) is 1.76. The first-order chi connectivity index (χ1) is 7.59. The normalized spacial score (nSPS) is 10.4. The molecule has 0 aliphatic heterocycles. The van der Waals surface area contributed by atoms with Gasteiger partial charge in [0.2, 0.25) is 0 Å². The van der Waals surface area contributed by atoms with Crippen molar-refractivity contribution < 1.29 is 9.90 Å². The van der Waals surface area contributed by atoms with Gasteiger partial charge in [0.1, 0.15) is 0 Å². The van der Waals surface area contributed by atoms with Crippen LogP contribution in [0.1, 0.15) is 16.1 Å². The highest BCUT2D eigenvalue weighted by atomic mass is 79.9. The largest absolute Gasteiger partial charge is 0.476 e. The average molecular weight is 282 g/mol. The summed E-state index contributed by atoms with van der Waals surface area (Å²) in [5.74, 6) is -1.06. The first-order valence-corrected chi connectivity index (χ1v) is 5.29. The second-order valence-electron chi connectivity index (χ2n) is 3.29. The molecule has 16 heavy (non-hydrogen) atoms. The molecule has 0 aliphatic rings. The number of hydrogen-bond donors (Lipinski definition) is 1. The van der Waals surface area contributed by atoms with Gasteiger partial charge in [-0.05, 0) is 40.5 Å². The van der Waals surface area contributed by atoms with Crippen molar-refractivity contribution in [2.24, 2.45) is 0 Å². The molecular weight excluding hydrogens is 274 g/mol. The van der Waals surface area contributed by atoms with Gasteiger partial charge in [0.25, 0.3) is 0 Å². The Morgan fingerprint density at radius 3 is 2.88 bits per heavy atom. The highest BCUT2D eigenvalue weighted by molar-refractivity contribution is 9.10. The number of aryl methyl sites for hydroxylation is 1. The molecule has 0 aliphatic carbocycles. The van der Waals surface area contributed by atoms with Crippen LogP contribution in [0.3, 0.4) is 0 Å². The molecule has 82 valence electrons. The third-order valence-electron chi connectivity index (χ3n) is 2.10. The van der Waals surface area contributed by atoms with Crippen LogP contribution in [-0.2, 0) is 0 Å². The van der Waals surface area contributed by atoms with Crippen LogP contribution in [0.4, 0.5) is 0 Å². The van der Waals surface area contributed by atoms with Crippen LogP contribution in [0.5, 0.6) is 0 Å². The predicted molar refractivity (Wildman–Crippen MR) is 60.8 cm³/mol. The number of benzene rings is 1. The number of carbonyl (C=O) groups is 1. The molecule has 0 amide bonds. The first-order valence-electron chi connectivity index (χ1n) is 4.50. The molecule has 5 nitrogen and oxygen atoms in total. The zero-order valence-corrected chi connectivity index (χ0v) is 9.97. The van der Waals surface area contributed by atoms with Gasteiger partial charge < -0.3 is 5.11 Å². The Bertz CT molecular complexity index is 551. The summed E-state index contributed by atoms with van der Waals surface area (Å²) in [6.07, 6.45) is 1.22. The van der Waals surface area contributed by atoms with E-state index in [2.05, 4.69) is 26.2 Å². The highest BCUT2D eigenvalue weighted by Gasteiger charge is 2.14. The van der Waals surface area contributed by atoms with Gasteiger partial charge in [0.15, 0.2) is 5.69 Å². The van der Waals surface area contributed by atoms with Gasteiger partial charge in [-0.1, -0.05) is 11.3 Å². The van der Waals surface area contributed by atoms with Crippen molar-refractivity contribution in [3.05, 3.63) is 40.1 Å². The number of nitrogens with zero attached hydrogens (tertiary/aromatic N) is 3. The topological polar surface area (TPSA) is 68.0 Å². The van der Waals surface area contributed by atoms with Crippen LogP contribution < -0.4 is 0 Å². The molecule has 1 aromatic heterocycles. The molecule has 1 heterocycles. The van der Waals surface area contributed by atoms with Gasteiger partial charge in [-0.3, -0.25) is 0 Å². The molecule has 0 spiro atoms. The van der Waals surface area contributed by atoms with E-state index in [-0.39, 0.29) is 5.69 Å². The summed E-state index contributed by atoms with van der Waals surface area (Å²) in [5, 5.41) is 16.3. The molecule has 6 heteroatoms. The average Bonchev–Trinajstić information content (AvgIpc) is 2.66. The molecule has 0 fully saturated rings. The van der Waals surface area contributed by atoms with E-state index in [4.69, 9.17) is 5.11 Å². The lowest BCUT2D eigenvalue weighted by Crippen LogP contribution is -2.08. The predicted octanol–water partition coefficient (Wildman–Crippen LogP) is 2.04. The standard InChI is InChI=1S/C10H8BrN3O2/c1-6-2-3-8(7(11)4-6)14-9(10(15)16)5-12-13-14/h2-5H,1H3,(H,15,16). The Morgan fingerprint density at radius 1 is 1.50 bits per heavy atom. The fraction of sp³-hybridized carbons (Fsp3) is 0.100. The van der Waals surface area contributed by atoms with Crippen molar-refractivity contribution in [2.45, 2.75) is 6.92 Å². The molecule has 1 aromatic carbocycles. The Balaban J connectivity index is 2.59. The number of carboxylic acid groups (broad SMARTS) is 1. The Morgan fingerprint density at radius 2 is 2.25 bits per heavy atom. The van der Waals surface area contributed by atoms with Gasteiger partial charge in [-0.2, -0.15) is 0 Å². The SMILES string of the molecule is Cc1ccc(-n2nncc2C(=O)O)c(Br)c1. The molecule has 0 unspecified atom stereocenters. The van der Waals surface area contributed by atoms with E-state index in [1.807, 2.05) is 19.1 Å². The lowest BCUT2D eigenvalue weighted by molar-refractivity contribution is 0.0687. The number of aromatic nitrogens is 3. The molecule has 0 atom stereocenters. The van der Waals surface area contributed by atoms with Crippen LogP contribution in [0.2, 0.25) is 0 Å². The van der Waals surface area contributed by atoms with E-state index in [1.165, 1.54) is 10.9 Å². The van der Waals surface area contributed by atoms with Crippen LogP contribution >= 0.6 is 15.9 Å². The first kappa shape index (κ1) is 10.8. The van der Waals surface area contributed by atoms with E-state index < -0.39 is 5.97 Å². The second kappa shape index (κ2) is 4.05. The number of hydrogen-bond acceptors (Lipinski definition) is 3. The third kappa shape index (κ3) is 1.83. The highest BCUT2D eigenvalue weighted by Crippen LogP contribution is 2.22. The third-order valence-corrected chi connectivity index (χ3v) is 2.73. The maximum absolute atomic E-state index is 10.9. The molecule has 0 bridgehead atoms. The second-order valence-corrected chi connectivity index (χ2v) is 4.15. The van der Waals surface area contributed by atoms with Gasteiger partial charge in [-0.15, -0.1) is 5.10 Å². The van der Waals surface area contributed by atoms with E-state index in [1.54, 1.807) is 6.07 Å². The van der Waals surface area contributed by atoms with Gasteiger partial charge in [0.05, 0.1) is 11.9 Å². The lowest BCUT2D eigenvalue weighted by atomic mass is 10.2.